The molecule has 1 heterocycles. The molecule has 1 aromatic heterocycles. The number of anilines is 1. The van der Waals surface area contributed by atoms with Crippen molar-refractivity contribution in [2.24, 2.45) is 0 Å². The van der Waals surface area contributed by atoms with Gasteiger partial charge < -0.3 is 5.11 Å². The third-order valence-electron chi connectivity index (χ3n) is 2.57. The molecular weight excluding hydrogens is 386 g/mol. The minimum absolute atomic E-state index is 0.129. The Hall–Kier alpha value is -0.600. The van der Waals surface area contributed by atoms with Crippen LogP contribution >= 0.6 is 38.9 Å². The molecule has 2 aromatic rings. The molecule has 0 spiro atoms. The number of aryl methyl sites for hydroxylation is 1. The molecule has 0 aliphatic rings. The Morgan fingerprint density at radius 2 is 2.15 bits per heavy atom. The highest BCUT2D eigenvalue weighted by atomic mass is 79.9. The lowest BCUT2D eigenvalue weighted by molar-refractivity contribution is 0.282. The summed E-state index contributed by atoms with van der Waals surface area (Å²) in [5, 5.41) is 11.3. The van der Waals surface area contributed by atoms with E-state index in [0.717, 1.165) is 0 Å². The molecule has 0 saturated heterocycles. The standard InChI is InChI=1S/C12H11BrClNO3S2/c1-7-6-19-11(5-16)12(7)20(17,18)15-8-2-3-9(13)10(14)4-8/h2-4,6,15-16H,5H2,1H3. The second-order valence-corrected chi connectivity index (χ2v) is 7.91. The lowest BCUT2D eigenvalue weighted by atomic mass is 10.3. The van der Waals surface area contributed by atoms with Crippen molar-refractivity contribution in [3.05, 3.63) is 43.5 Å². The summed E-state index contributed by atoms with van der Waals surface area (Å²) in [5.41, 5.74) is 0.974. The molecule has 8 heteroatoms. The normalized spacial score (nSPS) is 11.6. The fourth-order valence-electron chi connectivity index (χ4n) is 1.72. The van der Waals surface area contributed by atoms with Crippen molar-refractivity contribution in [1.29, 1.82) is 0 Å². The van der Waals surface area contributed by atoms with Gasteiger partial charge in [0.2, 0.25) is 0 Å². The van der Waals surface area contributed by atoms with Crippen LogP contribution in [0.1, 0.15) is 10.4 Å². The van der Waals surface area contributed by atoms with Crippen molar-refractivity contribution < 1.29 is 13.5 Å². The van der Waals surface area contributed by atoms with Gasteiger partial charge in [0, 0.05) is 4.47 Å². The molecular formula is C12H11BrClNO3S2. The first-order valence-corrected chi connectivity index (χ1v) is 9.04. The fraction of sp³-hybridized carbons (Fsp3) is 0.167. The van der Waals surface area contributed by atoms with Crippen LogP contribution in [0.3, 0.4) is 0 Å². The minimum atomic E-state index is -3.75. The Bertz CT molecular complexity index is 743. The number of hydrogen-bond donors (Lipinski definition) is 2. The predicted molar refractivity (Wildman–Crippen MR) is 84.9 cm³/mol. The molecule has 0 fully saturated rings. The summed E-state index contributed by atoms with van der Waals surface area (Å²) >= 11 is 10.4. The zero-order valence-corrected chi connectivity index (χ0v) is 14.3. The van der Waals surface area contributed by atoms with Gasteiger partial charge in [-0.2, -0.15) is 0 Å². The van der Waals surface area contributed by atoms with E-state index in [4.69, 9.17) is 11.6 Å². The summed E-state index contributed by atoms with van der Waals surface area (Å²) in [6.45, 7) is 1.38. The van der Waals surface area contributed by atoms with Gasteiger partial charge in [-0.3, -0.25) is 4.72 Å². The summed E-state index contributed by atoms with van der Waals surface area (Å²) in [7, 11) is -3.75. The van der Waals surface area contributed by atoms with Gasteiger partial charge in [0.05, 0.1) is 22.2 Å². The maximum absolute atomic E-state index is 12.4. The molecule has 0 amide bonds. The van der Waals surface area contributed by atoms with Gasteiger partial charge in [0.15, 0.2) is 0 Å². The minimum Gasteiger partial charge on any atom is -0.391 e. The van der Waals surface area contributed by atoms with Gasteiger partial charge in [0.1, 0.15) is 4.90 Å². The van der Waals surface area contributed by atoms with Crippen molar-refractivity contribution in [2.75, 3.05) is 4.72 Å². The smallest absolute Gasteiger partial charge is 0.263 e. The Morgan fingerprint density at radius 1 is 1.45 bits per heavy atom. The van der Waals surface area contributed by atoms with Crippen LogP contribution in [0.5, 0.6) is 0 Å². The van der Waals surface area contributed by atoms with Crippen LogP contribution in [-0.4, -0.2) is 13.5 Å². The number of benzene rings is 1. The summed E-state index contributed by atoms with van der Waals surface area (Å²) in [6, 6.07) is 4.78. The topological polar surface area (TPSA) is 66.4 Å². The van der Waals surface area contributed by atoms with E-state index in [9.17, 15) is 13.5 Å². The van der Waals surface area contributed by atoms with E-state index in [-0.39, 0.29) is 11.5 Å². The van der Waals surface area contributed by atoms with Gasteiger partial charge in [0.25, 0.3) is 10.0 Å². The van der Waals surface area contributed by atoms with Gasteiger partial charge in [-0.15, -0.1) is 11.3 Å². The molecule has 108 valence electrons. The molecule has 2 N–H and O–H groups in total. The maximum atomic E-state index is 12.4. The van der Waals surface area contributed by atoms with E-state index < -0.39 is 10.0 Å². The SMILES string of the molecule is Cc1csc(CO)c1S(=O)(=O)Nc1ccc(Br)c(Cl)c1. The fourth-order valence-corrected chi connectivity index (χ4v) is 4.86. The van der Waals surface area contributed by atoms with Crippen LogP contribution in [0.25, 0.3) is 0 Å². The van der Waals surface area contributed by atoms with Crippen molar-refractivity contribution in [3.8, 4) is 0 Å². The highest BCUT2D eigenvalue weighted by molar-refractivity contribution is 9.10. The van der Waals surface area contributed by atoms with Crippen molar-refractivity contribution >= 4 is 54.6 Å². The molecule has 0 saturated carbocycles. The van der Waals surface area contributed by atoms with Crippen LogP contribution in [0.4, 0.5) is 5.69 Å². The lowest BCUT2D eigenvalue weighted by Crippen LogP contribution is -2.14. The van der Waals surface area contributed by atoms with Crippen molar-refractivity contribution in [1.82, 2.24) is 0 Å². The highest BCUT2D eigenvalue weighted by Crippen LogP contribution is 2.30. The number of hydrogen-bond acceptors (Lipinski definition) is 4. The number of rotatable bonds is 4. The molecule has 2 rings (SSSR count). The van der Waals surface area contributed by atoms with Gasteiger partial charge in [-0.05, 0) is 52.0 Å². The molecule has 20 heavy (non-hydrogen) atoms. The molecule has 4 nitrogen and oxygen atoms in total. The van der Waals surface area contributed by atoms with E-state index in [1.807, 2.05) is 0 Å². The maximum Gasteiger partial charge on any atom is 0.263 e. The van der Waals surface area contributed by atoms with Crippen molar-refractivity contribution in [2.45, 2.75) is 18.4 Å². The number of aliphatic hydroxyl groups excluding tert-OH is 1. The Morgan fingerprint density at radius 3 is 2.75 bits per heavy atom. The lowest BCUT2D eigenvalue weighted by Gasteiger charge is -2.10. The van der Waals surface area contributed by atoms with Crippen LogP contribution < -0.4 is 4.72 Å². The van der Waals surface area contributed by atoms with Crippen LogP contribution in [0.15, 0.2) is 32.9 Å². The highest BCUT2D eigenvalue weighted by Gasteiger charge is 2.23. The molecule has 0 bridgehead atoms. The molecule has 0 aliphatic heterocycles. The number of sulfonamides is 1. The number of nitrogens with one attached hydrogen (secondary N) is 1. The third kappa shape index (κ3) is 3.17. The largest absolute Gasteiger partial charge is 0.391 e. The van der Waals surface area contributed by atoms with Crippen LogP contribution in [0, 0.1) is 6.92 Å². The summed E-state index contributed by atoms with van der Waals surface area (Å²) in [6.07, 6.45) is 0. The van der Waals surface area contributed by atoms with Gasteiger partial charge in [-0.1, -0.05) is 11.6 Å². The molecule has 0 radical (unpaired) electrons. The zero-order valence-electron chi connectivity index (χ0n) is 10.4. The van der Waals surface area contributed by atoms with E-state index in [1.54, 1.807) is 24.4 Å². The molecule has 0 atom stereocenters. The Balaban J connectivity index is 2.40. The predicted octanol–water partition coefficient (Wildman–Crippen LogP) is 3.77. The number of halogens is 2. The first-order chi connectivity index (χ1) is 9.35. The molecule has 0 aliphatic carbocycles. The third-order valence-corrected chi connectivity index (χ3v) is 6.63. The zero-order chi connectivity index (χ0) is 14.9. The average molecular weight is 397 g/mol. The quantitative estimate of drug-likeness (QED) is 0.827. The molecule has 0 unspecified atom stereocenters. The Kier molecular flexibility index (Phi) is 4.76. The number of thiophene rings is 1. The van der Waals surface area contributed by atoms with E-state index in [2.05, 4.69) is 20.7 Å². The summed E-state index contributed by atoms with van der Waals surface area (Å²) in [4.78, 5) is 0.544. The average Bonchev–Trinajstić information content (AvgIpc) is 2.75. The second kappa shape index (κ2) is 6.03. The van der Waals surface area contributed by atoms with E-state index in [0.29, 0.717) is 25.6 Å². The first kappa shape index (κ1) is 15.8. The van der Waals surface area contributed by atoms with Crippen LogP contribution in [-0.2, 0) is 16.6 Å². The second-order valence-electron chi connectivity index (χ2n) is 4.06. The first-order valence-electron chi connectivity index (χ1n) is 5.51. The Labute approximate surface area is 134 Å². The van der Waals surface area contributed by atoms with E-state index >= 15 is 0 Å². The van der Waals surface area contributed by atoms with Crippen molar-refractivity contribution in [3.63, 3.8) is 0 Å². The summed E-state index contributed by atoms with van der Waals surface area (Å²) in [5.74, 6) is 0. The molecule has 1 aromatic carbocycles. The number of aliphatic hydroxyl groups is 1. The van der Waals surface area contributed by atoms with Crippen LogP contribution in [0.2, 0.25) is 5.02 Å². The van der Waals surface area contributed by atoms with Gasteiger partial charge in [-0.25, -0.2) is 8.42 Å². The monoisotopic (exact) mass is 395 g/mol. The van der Waals surface area contributed by atoms with Gasteiger partial charge >= 0.3 is 0 Å². The van der Waals surface area contributed by atoms with E-state index in [1.165, 1.54) is 17.4 Å². The summed E-state index contributed by atoms with van der Waals surface area (Å²) < 4.78 is 27.9.